The van der Waals surface area contributed by atoms with Crippen LogP contribution in [-0.2, 0) is 4.79 Å². The number of aliphatic hydroxyl groups is 1. The number of hydrogen-bond donors (Lipinski definition) is 2. The van der Waals surface area contributed by atoms with Crippen molar-refractivity contribution >= 4 is 29.2 Å². The van der Waals surface area contributed by atoms with Crippen LogP contribution in [-0.4, -0.2) is 28.9 Å². The monoisotopic (exact) mass is 264 g/mol. The van der Waals surface area contributed by atoms with Gasteiger partial charge in [-0.3, -0.25) is 4.79 Å². The van der Waals surface area contributed by atoms with E-state index in [0.717, 1.165) is 0 Å². The molecule has 16 heavy (non-hydrogen) atoms. The molecule has 6 heteroatoms. The summed E-state index contributed by atoms with van der Waals surface area (Å²) in [4.78, 5) is 10.3. The molecule has 0 aliphatic carbocycles. The van der Waals surface area contributed by atoms with Crippen molar-refractivity contribution in [2.75, 3.05) is 6.61 Å². The molecule has 0 amide bonds. The maximum atomic E-state index is 10.3. The minimum Gasteiger partial charge on any atom is -0.489 e. The Hall–Kier alpha value is -0.970. The van der Waals surface area contributed by atoms with Gasteiger partial charge in [-0.15, -0.1) is 0 Å². The molecule has 1 atom stereocenters. The van der Waals surface area contributed by atoms with E-state index in [2.05, 4.69) is 0 Å². The molecule has 1 aromatic carbocycles. The number of rotatable bonds is 5. The first-order valence-corrected chi connectivity index (χ1v) is 5.23. The Morgan fingerprint density at radius 2 is 2.12 bits per heavy atom. The summed E-state index contributed by atoms with van der Waals surface area (Å²) in [7, 11) is 0. The average molecular weight is 265 g/mol. The largest absolute Gasteiger partial charge is 0.489 e. The molecule has 0 bridgehead atoms. The Balaban J connectivity index is 2.54. The van der Waals surface area contributed by atoms with Crippen molar-refractivity contribution in [2.45, 2.75) is 12.5 Å². The van der Waals surface area contributed by atoms with Crippen LogP contribution in [0.25, 0.3) is 0 Å². The lowest BCUT2D eigenvalue weighted by Crippen LogP contribution is -2.21. The van der Waals surface area contributed by atoms with Crippen molar-refractivity contribution in [1.82, 2.24) is 0 Å². The molecule has 4 nitrogen and oxygen atoms in total. The highest BCUT2D eigenvalue weighted by molar-refractivity contribution is 6.42. The topological polar surface area (TPSA) is 66.8 Å². The summed E-state index contributed by atoms with van der Waals surface area (Å²) in [5, 5.41) is 18.3. The summed E-state index contributed by atoms with van der Waals surface area (Å²) in [6.45, 7) is -0.146. The second-order valence-corrected chi connectivity index (χ2v) is 3.90. The summed E-state index contributed by atoms with van der Waals surface area (Å²) in [5.41, 5.74) is 0. The van der Waals surface area contributed by atoms with E-state index in [-0.39, 0.29) is 18.1 Å². The fraction of sp³-hybridized carbons (Fsp3) is 0.300. The maximum Gasteiger partial charge on any atom is 0.306 e. The van der Waals surface area contributed by atoms with E-state index >= 15 is 0 Å². The summed E-state index contributed by atoms with van der Waals surface area (Å²) < 4.78 is 5.15. The first kappa shape index (κ1) is 13.1. The van der Waals surface area contributed by atoms with Crippen LogP contribution in [0.3, 0.4) is 0 Å². The Bertz CT molecular complexity index is 381. The van der Waals surface area contributed by atoms with E-state index in [9.17, 15) is 9.90 Å². The predicted molar refractivity (Wildman–Crippen MR) is 60.2 cm³/mol. The molecular weight excluding hydrogens is 255 g/mol. The molecule has 0 saturated carbocycles. The molecule has 0 aliphatic heterocycles. The second-order valence-electron chi connectivity index (χ2n) is 3.11. The fourth-order valence-electron chi connectivity index (χ4n) is 1.04. The molecule has 0 heterocycles. The first-order chi connectivity index (χ1) is 7.50. The van der Waals surface area contributed by atoms with E-state index in [4.69, 9.17) is 33.0 Å². The number of aliphatic carboxylic acids is 1. The molecule has 0 aliphatic rings. The lowest BCUT2D eigenvalue weighted by atomic mass is 10.3. The van der Waals surface area contributed by atoms with Gasteiger partial charge in [-0.25, -0.2) is 0 Å². The van der Waals surface area contributed by atoms with Crippen LogP contribution in [0.15, 0.2) is 18.2 Å². The fourth-order valence-corrected chi connectivity index (χ4v) is 1.39. The Morgan fingerprint density at radius 3 is 2.75 bits per heavy atom. The normalized spacial score (nSPS) is 12.2. The van der Waals surface area contributed by atoms with E-state index in [1.807, 2.05) is 0 Å². The number of carbonyl (C=O) groups is 1. The maximum absolute atomic E-state index is 10.3. The number of carboxylic acids is 1. The zero-order valence-electron chi connectivity index (χ0n) is 8.19. The van der Waals surface area contributed by atoms with Crippen molar-refractivity contribution in [3.05, 3.63) is 28.2 Å². The van der Waals surface area contributed by atoms with Crippen molar-refractivity contribution in [3.63, 3.8) is 0 Å². The van der Waals surface area contributed by atoms with Crippen LogP contribution in [0.2, 0.25) is 10.0 Å². The number of ether oxygens (including phenoxy) is 1. The summed E-state index contributed by atoms with van der Waals surface area (Å²) in [5.74, 6) is -0.771. The van der Waals surface area contributed by atoms with Crippen LogP contribution in [0.4, 0.5) is 0 Å². The van der Waals surface area contributed by atoms with Gasteiger partial charge in [-0.05, 0) is 12.1 Å². The number of aliphatic hydroxyl groups excluding tert-OH is 1. The molecule has 1 unspecified atom stereocenters. The standard InChI is InChI=1S/C10H10Cl2O4/c11-7-2-1-3-8(10(7)12)16-5-6(13)4-9(14)15/h1-3,6,13H,4-5H2,(H,14,15). The highest BCUT2D eigenvalue weighted by Gasteiger charge is 2.12. The number of hydrogen-bond acceptors (Lipinski definition) is 3. The average Bonchev–Trinajstić information content (AvgIpc) is 2.19. The van der Waals surface area contributed by atoms with Gasteiger partial charge >= 0.3 is 5.97 Å². The molecule has 1 aromatic rings. The van der Waals surface area contributed by atoms with E-state index in [1.165, 1.54) is 0 Å². The predicted octanol–water partition coefficient (Wildman–Crippen LogP) is 2.21. The van der Waals surface area contributed by atoms with Crippen molar-refractivity contribution in [1.29, 1.82) is 0 Å². The third kappa shape index (κ3) is 3.89. The number of benzene rings is 1. The van der Waals surface area contributed by atoms with Gasteiger partial charge in [0.1, 0.15) is 17.4 Å². The molecule has 0 aromatic heterocycles. The van der Waals surface area contributed by atoms with Crippen LogP contribution >= 0.6 is 23.2 Å². The molecule has 0 fully saturated rings. The van der Waals surface area contributed by atoms with Crippen molar-refractivity contribution in [3.8, 4) is 5.75 Å². The minimum atomic E-state index is -1.09. The van der Waals surface area contributed by atoms with Gasteiger partial charge < -0.3 is 14.9 Å². The highest BCUT2D eigenvalue weighted by atomic mass is 35.5. The van der Waals surface area contributed by atoms with Gasteiger partial charge in [0.05, 0.1) is 17.5 Å². The molecule has 0 spiro atoms. The molecule has 1 rings (SSSR count). The summed E-state index contributed by atoms with van der Waals surface area (Å²) >= 11 is 11.6. The summed E-state index contributed by atoms with van der Waals surface area (Å²) in [6, 6.07) is 4.83. The Labute approximate surface area is 102 Å². The highest BCUT2D eigenvalue weighted by Crippen LogP contribution is 2.31. The Kier molecular flexibility index (Phi) is 4.86. The third-order valence-corrected chi connectivity index (χ3v) is 2.56. The van der Waals surface area contributed by atoms with Gasteiger partial charge in [0.2, 0.25) is 0 Å². The second kappa shape index (κ2) is 5.94. The van der Waals surface area contributed by atoms with E-state index in [0.29, 0.717) is 10.8 Å². The smallest absolute Gasteiger partial charge is 0.306 e. The Morgan fingerprint density at radius 1 is 1.44 bits per heavy atom. The van der Waals surface area contributed by atoms with E-state index in [1.54, 1.807) is 18.2 Å². The van der Waals surface area contributed by atoms with Crippen LogP contribution in [0.5, 0.6) is 5.75 Å². The lowest BCUT2D eigenvalue weighted by Gasteiger charge is -2.11. The van der Waals surface area contributed by atoms with Crippen molar-refractivity contribution < 1.29 is 19.7 Å². The van der Waals surface area contributed by atoms with Crippen LogP contribution in [0, 0.1) is 0 Å². The molecule has 2 N–H and O–H groups in total. The van der Waals surface area contributed by atoms with E-state index < -0.39 is 12.1 Å². The first-order valence-electron chi connectivity index (χ1n) is 4.47. The lowest BCUT2D eigenvalue weighted by molar-refractivity contribution is -0.139. The van der Waals surface area contributed by atoms with Gasteiger partial charge in [0, 0.05) is 0 Å². The quantitative estimate of drug-likeness (QED) is 0.856. The number of halogens is 2. The zero-order chi connectivity index (χ0) is 12.1. The van der Waals surface area contributed by atoms with Crippen LogP contribution < -0.4 is 4.74 Å². The molecule has 0 radical (unpaired) electrons. The third-order valence-electron chi connectivity index (χ3n) is 1.76. The SMILES string of the molecule is O=C(O)CC(O)COc1cccc(Cl)c1Cl. The molecule has 0 saturated heterocycles. The van der Waals surface area contributed by atoms with Gasteiger partial charge in [-0.1, -0.05) is 29.3 Å². The minimum absolute atomic E-state index is 0.146. The van der Waals surface area contributed by atoms with Gasteiger partial charge in [0.15, 0.2) is 0 Å². The zero-order valence-corrected chi connectivity index (χ0v) is 9.70. The molecular formula is C10H10Cl2O4. The van der Waals surface area contributed by atoms with Gasteiger partial charge in [0.25, 0.3) is 0 Å². The van der Waals surface area contributed by atoms with Crippen LogP contribution in [0.1, 0.15) is 6.42 Å². The van der Waals surface area contributed by atoms with Gasteiger partial charge in [-0.2, -0.15) is 0 Å². The number of carboxylic acid groups (broad SMARTS) is 1. The summed E-state index contributed by atoms with van der Waals surface area (Å²) in [6.07, 6.45) is -1.45. The van der Waals surface area contributed by atoms with Crippen molar-refractivity contribution in [2.24, 2.45) is 0 Å². The molecule has 88 valence electrons.